The number of nitrogens with zero attached hydrogens (tertiary/aromatic N) is 5. The molecule has 0 aliphatic carbocycles. The maximum atomic E-state index is 13.8. The lowest BCUT2D eigenvalue weighted by molar-refractivity contribution is -0.385. The Kier molecular flexibility index (Phi) is 9.43. The summed E-state index contributed by atoms with van der Waals surface area (Å²) in [5.74, 6) is -0.897. The molecular weight excluding hydrogens is 602 g/mol. The van der Waals surface area contributed by atoms with E-state index in [1.165, 1.54) is 12.1 Å². The molecule has 2 aromatic heterocycles. The van der Waals surface area contributed by atoms with Crippen molar-refractivity contribution in [2.45, 2.75) is 11.9 Å². The fourth-order valence-corrected chi connectivity index (χ4v) is 4.20. The quantitative estimate of drug-likeness (QED) is 0.122. The van der Waals surface area contributed by atoms with Gasteiger partial charge in [0.2, 0.25) is 0 Å². The van der Waals surface area contributed by atoms with Crippen molar-refractivity contribution in [3.63, 3.8) is 0 Å². The monoisotopic (exact) mass is 622 g/mol. The summed E-state index contributed by atoms with van der Waals surface area (Å²) in [6, 6.07) is 22.4. The summed E-state index contributed by atoms with van der Waals surface area (Å²) < 4.78 is 28.3. The van der Waals surface area contributed by atoms with Crippen LogP contribution in [0.1, 0.15) is 11.1 Å². The molecule has 0 saturated heterocycles. The molecule has 6 rings (SSSR count). The summed E-state index contributed by atoms with van der Waals surface area (Å²) in [5.41, 5.74) is 4.13. The van der Waals surface area contributed by atoms with Gasteiger partial charge in [-0.2, -0.15) is 0 Å². The number of hydrogen-bond donors (Lipinski definition) is 1. The predicted octanol–water partition coefficient (Wildman–Crippen LogP) is 7.32. The minimum atomic E-state index is -0.550. The van der Waals surface area contributed by atoms with Crippen molar-refractivity contribution in [3.8, 4) is 0 Å². The molecule has 41 heavy (non-hydrogen) atoms. The normalized spacial score (nSPS) is 10.4. The lowest BCUT2D eigenvalue weighted by Crippen LogP contribution is -2.01. The molecule has 4 aromatic carbocycles. The molecule has 1 N–H and O–H groups in total. The van der Waals surface area contributed by atoms with Gasteiger partial charge in [0.25, 0.3) is 11.4 Å². The molecule has 0 unspecified atom stereocenters. The number of nitrogens with one attached hydrogen (secondary N) is 1. The second-order valence-electron chi connectivity index (χ2n) is 8.48. The Hall–Kier alpha value is -5.04. The smallest absolute Gasteiger partial charge is 0.269 e. The molecular formula is C28H21BrF2N6O4. The third-order valence-corrected chi connectivity index (χ3v) is 6.42. The molecule has 208 valence electrons. The van der Waals surface area contributed by atoms with Crippen LogP contribution in [0.15, 0.2) is 97.6 Å². The summed E-state index contributed by atoms with van der Waals surface area (Å²) in [6.45, 7) is 0.202. The van der Waals surface area contributed by atoms with Gasteiger partial charge in [-0.3, -0.25) is 20.2 Å². The fourth-order valence-electron chi connectivity index (χ4n) is 3.77. The van der Waals surface area contributed by atoms with Crippen LogP contribution in [0.25, 0.3) is 22.1 Å². The highest BCUT2D eigenvalue weighted by Gasteiger charge is 2.12. The highest BCUT2D eigenvalue weighted by atomic mass is 79.9. The Morgan fingerprint density at radius 1 is 0.780 bits per heavy atom. The van der Waals surface area contributed by atoms with Gasteiger partial charge < -0.3 is 9.55 Å². The number of para-hydroxylation sites is 4. The summed E-state index contributed by atoms with van der Waals surface area (Å²) in [5, 5.41) is 21.3. The average molecular weight is 623 g/mol. The van der Waals surface area contributed by atoms with Crippen molar-refractivity contribution in [1.82, 2.24) is 19.5 Å². The van der Waals surface area contributed by atoms with Crippen LogP contribution in [0.5, 0.6) is 0 Å². The third-order valence-electron chi connectivity index (χ3n) is 5.82. The van der Waals surface area contributed by atoms with E-state index in [2.05, 4.69) is 30.9 Å². The molecule has 0 saturated carbocycles. The van der Waals surface area contributed by atoms with Crippen LogP contribution >= 0.6 is 15.9 Å². The SMILES string of the molecule is O=[N+]([O-])c1ccc(F)c(CBr)c1.O=[N+]([O-])c1ccc(F)c(Cn2cnc3ccccc32)c1.c1ccc2[nH]cnc2c1. The van der Waals surface area contributed by atoms with Crippen molar-refractivity contribution in [2.24, 2.45) is 0 Å². The number of H-pyrrole nitrogens is 1. The summed E-state index contributed by atoms with van der Waals surface area (Å²) in [6.07, 6.45) is 3.30. The number of aromatic amines is 1. The molecule has 0 radical (unpaired) electrons. The molecule has 0 aliphatic heterocycles. The largest absolute Gasteiger partial charge is 0.345 e. The molecule has 0 aliphatic rings. The first-order chi connectivity index (χ1) is 19.8. The number of nitro groups is 2. The van der Waals surface area contributed by atoms with E-state index in [0.29, 0.717) is 5.56 Å². The maximum absolute atomic E-state index is 13.8. The van der Waals surface area contributed by atoms with Gasteiger partial charge in [-0.15, -0.1) is 0 Å². The molecule has 0 amide bonds. The highest BCUT2D eigenvalue weighted by molar-refractivity contribution is 9.08. The molecule has 6 aromatic rings. The number of fused-ring (bicyclic) bond motifs is 2. The van der Waals surface area contributed by atoms with Gasteiger partial charge in [-0.05, 0) is 36.4 Å². The number of non-ortho nitro benzene ring substituents is 2. The Balaban J connectivity index is 0.000000156. The highest BCUT2D eigenvalue weighted by Crippen LogP contribution is 2.21. The van der Waals surface area contributed by atoms with Gasteiger partial charge in [0.05, 0.1) is 51.1 Å². The van der Waals surface area contributed by atoms with E-state index in [-0.39, 0.29) is 28.8 Å². The van der Waals surface area contributed by atoms with Crippen LogP contribution in [0.3, 0.4) is 0 Å². The van der Waals surface area contributed by atoms with E-state index < -0.39 is 21.5 Å². The second-order valence-corrected chi connectivity index (χ2v) is 9.04. The van der Waals surface area contributed by atoms with Crippen LogP contribution < -0.4 is 0 Å². The molecule has 10 nitrogen and oxygen atoms in total. The van der Waals surface area contributed by atoms with Gasteiger partial charge in [-0.25, -0.2) is 18.7 Å². The van der Waals surface area contributed by atoms with Gasteiger partial charge in [0, 0.05) is 40.7 Å². The fraction of sp³-hybridized carbons (Fsp3) is 0.0714. The Morgan fingerprint density at radius 3 is 2.00 bits per heavy atom. The van der Waals surface area contributed by atoms with E-state index >= 15 is 0 Å². The zero-order valence-corrected chi connectivity index (χ0v) is 22.7. The molecule has 13 heteroatoms. The molecule has 0 spiro atoms. The van der Waals surface area contributed by atoms with Crippen molar-refractivity contribution in [2.75, 3.05) is 0 Å². The van der Waals surface area contributed by atoms with Crippen molar-refractivity contribution in [1.29, 1.82) is 0 Å². The Bertz CT molecular complexity index is 1790. The van der Waals surface area contributed by atoms with Gasteiger partial charge in [0.15, 0.2) is 0 Å². The number of imidazole rings is 2. The molecule has 0 atom stereocenters. The van der Waals surface area contributed by atoms with Crippen LogP contribution in [0.4, 0.5) is 20.2 Å². The van der Waals surface area contributed by atoms with Crippen LogP contribution in [-0.4, -0.2) is 29.4 Å². The van der Waals surface area contributed by atoms with Crippen molar-refractivity contribution in [3.05, 3.63) is 141 Å². The molecule has 0 bridgehead atoms. The van der Waals surface area contributed by atoms with E-state index in [1.54, 1.807) is 17.2 Å². The summed E-state index contributed by atoms with van der Waals surface area (Å²) in [4.78, 5) is 31.2. The number of hydrogen-bond acceptors (Lipinski definition) is 6. The van der Waals surface area contributed by atoms with Crippen LogP contribution in [-0.2, 0) is 11.9 Å². The molecule has 0 fully saturated rings. The van der Waals surface area contributed by atoms with Gasteiger partial charge in [0.1, 0.15) is 11.6 Å². The zero-order valence-electron chi connectivity index (χ0n) is 21.2. The van der Waals surface area contributed by atoms with Crippen LogP contribution in [0, 0.1) is 31.9 Å². The number of halogens is 3. The Labute approximate surface area is 239 Å². The third kappa shape index (κ3) is 7.33. The lowest BCUT2D eigenvalue weighted by Gasteiger charge is -2.05. The zero-order chi connectivity index (χ0) is 29.4. The summed E-state index contributed by atoms with van der Waals surface area (Å²) >= 11 is 3.03. The first-order valence-corrected chi connectivity index (χ1v) is 13.1. The Morgan fingerprint density at radius 2 is 1.37 bits per heavy atom. The predicted molar refractivity (Wildman–Crippen MR) is 154 cm³/mol. The first-order valence-electron chi connectivity index (χ1n) is 12.0. The average Bonchev–Trinajstić information content (AvgIpc) is 3.62. The van der Waals surface area contributed by atoms with Gasteiger partial charge in [-0.1, -0.05) is 40.2 Å². The number of alkyl halides is 1. The van der Waals surface area contributed by atoms with Gasteiger partial charge >= 0.3 is 0 Å². The topological polar surface area (TPSA) is 133 Å². The van der Waals surface area contributed by atoms with E-state index in [4.69, 9.17) is 0 Å². The number of rotatable bonds is 5. The number of aromatic nitrogens is 4. The van der Waals surface area contributed by atoms with E-state index in [1.807, 2.05) is 48.5 Å². The standard InChI is InChI=1S/C14H10FN3O2.C7H5BrFNO2.C7H6N2/c15-12-6-5-11(18(19)20)7-10(12)8-17-9-16-13-3-1-2-4-14(13)17;8-4-5-3-6(10(11)12)1-2-7(5)9;1-2-4-7-6(3-1)8-5-9-7/h1-7,9H,8H2;1-3H,4H2;1-5H,(H,8,9). The van der Waals surface area contributed by atoms with E-state index in [0.717, 1.165) is 46.3 Å². The number of benzene rings is 4. The van der Waals surface area contributed by atoms with Crippen molar-refractivity contribution >= 4 is 49.4 Å². The van der Waals surface area contributed by atoms with Crippen molar-refractivity contribution < 1.29 is 18.6 Å². The first kappa shape index (κ1) is 29.0. The minimum absolute atomic E-state index is 0.0918. The summed E-state index contributed by atoms with van der Waals surface area (Å²) in [7, 11) is 0. The maximum Gasteiger partial charge on any atom is 0.269 e. The van der Waals surface area contributed by atoms with E-state index in [9.17, 15) is 29.0 Å². The number of nitro benzene ring substituents is 2. The van der Waals surface area contributed by atoms with Crippen LogP contribution in [0.2, 0.25) is 0 Å². The second kappa shape index (κ2) is 13.3. The molecule has 2 heterocycles. The minimum Gasteiger partial charge on any atom is -0.345 e. The lowest BCUT2D eigenvalue weighted by atomic mass is 10.2.